The van der Waals surface area contributed by atoms with Gasteiger partial charge in [-0.2, -0.15) is 4.31 Å². The molecule has 0 aliphatic carbocycles. The number of aromatic nitrogens is 1. The van der Waals surface area contributed by atoms with E-state index in [1.165, 1.54) is 15.4 Å². The van der Waals surface area contributed by atoms with Crippen molar-refractivity contribution in [3.8, 4) is 0 Å². The molecule has 1 aliphatic heterocycles. The fraction of sp³-hybridized carbons (Fsp3) is 0.381. The van der Waals surface area contributed by atoms with Crippen LogP contribution >= 0.6 is 11.3 Å². The summed E-state index contributed by atoms with van der Waals surface area (Å²) < 4.78 is 25.6. The van der Waals surface area contributed by atoms with E-state index >= 15 is 0 Å². The standard InChI is InChI=1S/C21H25N3O3S2/c1-29(26,27)24-11-5-4-9-19(24)21(25)23-14-17(20-10-6-12-28-20)16-13-22-18-8-3-2-7-15(16)18/h2-3,6-8,10,12-13,17,19,22H,4-5,9,11,14H2,1H3,(H,23,25). The van der Waals surface area contributed by atoms with Crippen LogP contribution in [0.2, 0.25) is 0 Å². The van der Waals surface area contributed by atoms with Crippen LogP contribution in [0.1, 0.15) is 35.6 Å². The zero-order valence-corrected chi connectivity index (χ0v) is 17.9. The number of benzene rings is 1. The third kappa shape index (κ3) is 4.24. The fourth-order valence-corrected chi connectivity index (χ4v) is 6.09. The van der Waals surface area contributed by atoms with Crippen molar-refractivity contribution in [2.24, 2.45) is 0 Å². The van der Waals surface area contributed by atoms with E-state index in [9.17, 15) is 13.2 Å². The van der Waals surface area contributed by atoms with Gasteiger partial charge in [-0.3, -0.25) is 4.79 Å². The van der Waals surface area contributed by atoms with Crippen molar-refractivity contribution in [1.29, 1.82) is 0 Å². The lowest BCUT2D eigenvalue weighted by Crippen LogP contribution is -2.52. The molecule has 2 aromatic heterocycles. The molecule has 0 spiro atoms. The van der Waals surface area contributed by atoms with Crippen LogP contribution in [0.25, 0.3) is 10.9 Å². The normalized spacial score (nSPS) is 19.3. The summed E-state index contributed by atoms with van der Waals surface area (Å²) in [6, 6.07) is 11.6. The Bertz CT molecular complexity index is 1090. The SMILES string of the molecule is CS(=O)(=O)N1CCCCC1C(=O)NCC(c1cccs1)c1c[nH]c2ccccc12. The van der Waals surface area contributed by atoms with Crippen LogP contribution in [0.5, 0.6) is 0 Å². The Labute approximate surface area is 175 Å². The highest BCUT2D eigenvalue weighted by Gasteiger charge is 2.34. The van der Waals surface area contributed by atoms with E-state index in [1.807, 2.05) is 35.8 Å². The summed E-state index contributed by atoms with van der Waals surface area (Å²) in [6.45, 7) is 0.836. The molecule has 154 valence electrons. The average molecular weight is 432 g/mol. The van der Waals surface area contributed by atoms with Gasteiger partial charge in [-0.25, -0.2) is 8.42 Å². The second-order valence-corrected chi connectivity index (χ2v) is 10.4. The number of H-pyrrole nitrogens is 1. The lowest BCUT2D eigenvalue weighted by molar-refractivity contribution is -0.125. The summed E-state index contributed by atoms with van der Waals surface area (Å²) in [4.78, 5) is 17.4. The molecule has 1 amide bonds. The number of amides is 1. The molecule has 6 nitrogen and oxygen atoms in total. The highest BCUT2D eigenvalue weighted by Crippen LogP contribution is 2.33. The zero-order valence-electron chi connectivity index (χ0n) is 16.3. The third-order valence-corrected chi connectivity index (χ3v) is 7.82. The molecule has 2 N–H and O–H groups in total. The number of rotatable bonds is 6. The number of carbonyl (C=O) groups excluding carboxylic acids is 1. The Balaban J connectivity index is 1.57. The topological polar surface area (TPSA) is 82.3 Å². The first kappa shape index (κ1) is 20.1. The molecule has 1 aromatic carbocycles. The summed E-state index contributed by atoms with van der Waals surface area (Å²) in [7, 11) is -3.40. The molecular weight excluding hydrogens is 406 g/mol. The molecule has 0 bridgehead atoms. The first-order valence-corrected chi connectivity index (χ1v) is 12.5. The number of piperidine rings is 1. The van der Waals surface area contributed by atoms with Crippen molar-refractivity contribution in [3.05, 3.63) is 58.4 Å². The molecule has 0 radical (unpaired) electrons. The number of para-hydroxylation sites is 1. The monoisotopic (exact) mass is 431 g/mol. The van der Waals surface area contributed by atoms with Gasteiger partial charge in [0.05, 0.1) is 6.26 Å². The van der Waals surface area contributed by atoms with Crippen LogP contribution in [0, 0.1) is 0 Å². The predicted octanol–water partition coefficient (Wildman–Crippen LogP) is 3.29. The maximum atomic E-state index is 12.9. The van der Waals surface area contributed by atoms with E-state index in [0.717, 1.165) is 29.3 Å². The van der Waals surface area contributed by atoms with E-state index < -0.39 is 16.1 Å². The number of nitrogens with zero attached hydrogens (tertiary/aromatic N) is 1. The lowest BCUT2D eigenvalue weighted by Gasteiger charge is -2.32. The molecule has 0 saturated carbocycles. The van der Waals surface area contributed by atoms with Gasteiger partial charge >= 0.3 is 0 Å². The zero-order chi connectivity index (χ0) is 20.4. The van der Waals surface area contributed by atoms with Gasteiger partial charge in [0, 0.05) is 41.0 Å². The second-order valence-electron chi connectivity index (χ2n) is 7.49. The molecule has 1 fully saturated rings. The van der Waals surface area contributed by atoms with Crippen molar-refractivity contribution in [2.45, 2.75) is 31.2 Å². The molecule has 2 unspecified atom stereocenters. The minimum atomic E-state index is -3.40. The minimum absolute atomic E-state index is 0.00498. The van der Waals surface area contributed by atoms with Crippen molar-refractivity contribution >= 4 is 38.2 Å². The van der Waals surface area contributed by atoms with Crippen molar-refractivity contribution in [1.82, 2.24) is 14.6 Å². The Kier molecular flexibility index (Phi) is 5.76. The summed E-state index contributed by atoms with van der Waals surface area (Å²) in [5, 5.41) is 6.21. The van der Waals surface area contributed by atoms with Crippen molar-refractivity contribution in [3.63, 3.8) is 0 Å². The molecule has 4 rings (SSSR count). The molecule has 8 heteroatoms. The number of fused-ring (bicyclic) bond motifs is 1. The Hall–Kier alpha value is -2.16. The van der Waals surface area contributed by atoms with Crippen molar-refractivity contribution in [2.75, 3.05) is 19.3 Å². The maximum absolute atomic E-state index is 12.9. The fourth-order valence-electron chi connectivity index (χ4n) is 4.12. The third-order valence-electron chi connectivity index (χ3n) is 5.55. The largest absolute Gasteiger partial charge is 0.361 e. The van der Waals surface area contributed by atoms with Crippen LogP contribution in [0.4, 0.5) is 0 Å². The molecular formula is C21H25N3O3S2. The number of hydrogen-bond donors (Lipinski definition) is 2. The van der Waals surface area contributed by atoms with E-state index in [-0.39, 0.29) is 11.8 Å². The van der Waals surface area contributed by atoms with Crippen LogP contribution < -0.4 is 5.32 Å². The average Bonchev–Trinajstić information content (AvgIpc) is 3.38. The van der Waals surface area contributed by atoms with Gasteiger partial charge in [0.1, 0.15) is 6.04 Å². The van der Waals surface area contributed by atoms with Gasteiger partial charge in [-0.05, 0) is 35.9 Å². The number of thiophene rings is 1. The van der Waals surface area contributed by atoms with Gasteiger partial charge in [-0.15, -0.1) is 11.3 Å². The summed E-state index contributed by atoms with van der Waals surface area (Å²) in [6.07, 6.45) is 5.41. The molecule has 3 heterocycles. The van der Waals surface area contributed by atoms with Gasteiger partial charge in [0.25, 0.3) is 0 Å². The van der Waals surface area contributed by atoms with Crippen LogP contribution in [-0.2, 0) is 14.8 Å². The molecule has 1 aliphatic rings. The van der Waals surface area contributed by atoms with Crippen LogP contribution in [-0.4, -0.2) is 49.0 Å². The van der Waals surface area contributed by atoms with Gasteiger partial charge in [0.15, 0.2) is 0 Å². The van der Waals surface area contributed by atoms with Gasteiger partial charge < -0.3 is 10.3 Å². The maximum Gasteiger partial charge on any atom is 0.238 e. The molecule has 29 heavy (non-hydrogen) atoms. The lowest BCUT2D eigenvalue weighted by atomic mass is 9.96. The predicted molar refractivity (Wildman–Crippen MR) is 117 cm³/mol. The summed E-state index contributed by atoms with van der Waals surface area (Å²) in [5.41, 5.74) is 2.19. The Morgan fingerprint density at radius 1 is 1.28 bits per heavy atom. The number of hydrogen-bond acceptors (Lipinski definition) is 4. The van der Waals surface area contributed by atoms with E-state index in [0.29, 0.717) is 19.5 Å². The quantitative estimate of drug-likeness (QED) is 0.628. The Morgan fingerprint density at radius 2 is 2.10 bits per heavy atom. The summed E-state index contributed by atoms with van der Waals surface area (Å²) in [5.74, 6) is -0.207. The highest BCUT2D eigenvalue weighted by atomic mass is 32.2. The molecule has 2 atom stereocenters. The number of nitrogens with one attached hydrogen (secondary N) is 2. The number of carbonyl (C=O) groups is 1. The number of sulfonamides is 1. The van der Waals surface area contributed by atoms with Crippen LogP contribution in [0.3, 0.4) is 0 Å². The van der Waals surface area contributed by atoms with Crippen molar-refractivity contribution < 1.29 is 13.2 Å². The molecule has 1 saturated heterocycles. The van der Waals surface area contributed by atoms with Gasteiger partial charge in [0.2, 0.25) is 15.9 Å². The Morgan fingerprint density at radius 3 is 2.86 bits per heavy atom. The van der Waals surface area contributed by atoms with E-state index in [1.54, 1.807) is 11.3 Å². The first-order chi connectivity index (χ1) is 13.9. The second kappa shape index (κ2) is 8.30. The van der Waals surface area contributed by atoms with E-state index in [4.69, 9.17) is 0 Å². The van der Waals surface area contributed by atoms with Gasteiger partial charge in [-0.1, -0.05) is 30.7 Å². The highest BCUT2D eigenvalue weighted by molar-refractivity contribution is 7.88. The minimum Gasteiger partial charge on any atom is -0.361 e. The summed E-state index contributed by atoms with van der Waals surface area (Å²) >= 11 is 1.66. The van der Waals surface area contributed by atoms with E-state index in [2.05, 4.69) is 22.4 Å². The first-order valence-electron chi connectivity index (χ1n) is 9.79. The van der Waals surface area contributed by atoms with Crippen LogP contribution in [0.15, 0.2) is 48.0 Å². The number of aromatic amines is 1. The molecule has 3 aromatic rings. The smallest absolute Gasteiger partial charge is 0.238 e.